The van der Waals surface area contributed by atoms with Crippen LogP contribution in [0.2, 0.25) is 0 Å². The minimum Gasteiger partial charge on any atom is -0.469 e. The molecule has 12 heteroatoms. The molecule has 0 unspecified atom stereocenters. The van der Waals surface area contributed by atoms with Gasteiger partial charge in [-0.2, -0.15) is 0 Å². The van der Waals surface area contributed by atoms with Crippen LogP contribution in [0.5, 0.6) is 0 Å². The number of hydrogen-bond donors (Lipinski definition) is 0. The molecule has 44 heavy (non-hydrogen) atoms. The normalized spacial score (nSPS) is 28.0. The van der Waals surface area contributed by atoms with Crippen LogP contribution < -0.4 is 0 Å². The Morgan fingerprint density at radius 1 is 0.682 bits per heavy atom. The molecule has 2 aliphatic carbocycles. The molecule has 0 heterocycles. The van der Waals surface area contributed by atoms with Crippen molar-refractivity contribution in [2.75, 3.05) is 28.4 Å². The SMILES string of the molecule is CC.CCC(=O)OC(=O)OC.COC(=O)OC(=O)[C@@]1(C)CC=C[C@@H](C)[C@@]1(C)C(=O)OC.COC(=O)[C@@]1(C)CC=C[C@@H](C)[C@@H]1C. The van der Waals surface area contributed by atoms with Gasteiger partial charge in [0.25, 0.3) is 0 Å². The van der Waals surface area contributed by atoms with Gasteiger partial charge in [-0.05, 0) is 51.4 Å². The fraction of sp³-hybridized carbons (Fsp3) is 0.688. The fourth-order valence-corrected chi connectivity index (χ4v) is 4.73. The van der Waals surface area contributed by atoms with Crippen LogP contribution in [-0.2, 0) is 47.6 Å². The molecule has 0 aromatic heterocycles. The Hall–Kier alpha value is -3.70. The molecule has 0 saturated carbocycles. The predicted molar refractivity (Wildman–Crippen MR) is 162 cm³/mol. The highest BCUT2D eigenvalue weighted by atomic mass is 16.7. The van der Waals surface area contributed by atoms with Crippen LogP contribution in [0, 0.1) is 34.0 Å². The van der Waals surface area contributed by atoms with Crippen molar-refractivity contribution >= 4 is 36.2 Å². The molecule has 0 radical (unpaired) electrons. The van der Waals surface area contributed by atoms with Crippen molar-refractivity contribution in [1.82, 2.24) is 0 Å². The molecule has 0 aromatic rings. The molecule has 0 fully saturated rings. The third-order valence-corrected chi connectivity index (χ3v) is 8.49. The Morgan fingerprint density at radius 2 is 1.16 bits per heavy atom. The first kappa shape index (κ1) is 42.4. The number of hydrogen-bond acceptors (Lipinski definition) is 12. The summed E-state index contributed by atoms with van der Waals surface area (Å²) in [6, 6.07) is 0. The maximum atomic E-state index is 12.3. The summed E-state index contributed by atoms with van der Waals surface area (Å²) in [7, 11) is 4.99. The second-order valence-electron chi connectivity index (χ2n) is 10.8. The molecular weight excluding hydrogens is 576 g/mol. The number of ether oxygens (including phenoxy) is 6. The molecule has 0 N–H and O–H groups in total. The monoisotopic (exact) mass is 628 g/mol. The zero-order valence-electron chi connectivity index (χ0n) is 28.6. The Balaban J connectivity index is 0. The van der Waals surface area contributed by atoms with E-state index in [1.807, 2.05) is 33.8 Å². The van der Waals surface area contributed by atoms with Gasteiger partial charge in [-0.25, -0.2) is 9.59 Å². The molecule has 0 bridgehead atoms. The van der Waals surface area contributed by atoms with Gasteiger partial charge in [-0.1, -0.05) is 65.8 Å². The summed E-state index contributed by atoms with van der Waals surface area (Å²) >= 11 is 0. The van der Waals surface area contributed by atoms with E-state index in [0.717, 1.165) is 20.6 Å². The van der Waals surface area contributed by atoms with Crippen molar-refractivity contribution in [3.8, 4) is 0 Å². The smallest absolute Gasteiger partial charge is 0.469 e. The number of methoxy groups -OCH3 is 4. The van der Waals surface area contributed by atoms with Crippen molar-refractivity contribution in [3.05, 3.63) is 24.3 Å². The number of esters is 4. The summed E-state index contributed by atoms with van der Waals surface area (Å²) in [5.41, 5.74) is -2.66. The van der Waals surface area contributed by atoms with Crippen molar-refractivity contribution in [2.24, 2.45) is 34.0 Å². The van der Waals surface area contributed by atoms with Gasteiger partial charge in [0, 0.05) is 6.42 Å². The summed E-state index contributed by atoms with van der Waals surface area (Å²) < 4.78 is 26.7. The third kappa shape index (κ3) is 10.5. The molecule has 0 aliphatic heterocycles. The van der Waals surface area contributed by atoms with E-state index in [1.54, 1.807) is 26.8 Å². The largest absolute Gasteiger partial charge is 0.515 e. The van der Waals surface area contributed by atoms with Gasteiger partial charge in [0.1, 0.15) is 0 Å². The lowest BCUT2D eigenvalue weighted by Gasteiger charge is -2.46. The highest BCUT2D eigenvalue weighted by molar-refractivity contribution is 5.92. The first-order chi connectivity index (χ1) is 20.5. The number of carbonyl (C=O) groups excluding carboxylic acids is 6. The van der Waals surface area contributed by atoms with Crippen LogP contribution in [0.4, 0.5) is 9.59 Å². The maximum absolute atomic E-state index is 12.3. The van der Waals surface area contributed by atoms with Gasteiger partial charge < -0.3 is 28.4 Å². The number of carbonyl (C=O) groups is 6. The van der Waals surface area contributed by atoms with E-state index in [0.29, 0.717) is 11.8 Å². The fourth-order valence-electron chi connectivity index (χ4n) is 4.73. The van der Waals surface area contributed by atoms with Gasteiger partial charge in [0.05, 0.1) is 44.7 Å². The molecule has 0 saturated heterocycles. The second-order valence-corrected chi connectivity index (χ2v) is 10.8. The van der Waals surface area contributed by atoms with E-state index in [4.69, 9.17) is 9.47 Å². The quantitative estimate of drug-likeness (QED) is 0.150. The molecule has 12 nitrogen and oxygen atoms in total. The van der Waals surface area contributed by atoms with E-state index >= 15 is 0 Å². The highest BCUT2D eigenvalue weighted by Crippen LogP contribution is 2.52. The zero-order valence-corrected chi connectivity index (χ0v) is 28.6. The third-order valence-electron chi connectivity index (χ3n) is 8.49. The second kappa shape index (κ2) is 19.6. The highest BCUT2D eigenvalue weighted by Gasteiger charge is 2.60. The maximum Gasteiger partial charge on any atom is 0.515 e. The molecule has 252 valence electrons. The Morgan fingerprint density at radius 3 is 1.61 bits per heavy atom. The number of rotatable bonds is 4. The lowest BCUT2D eigenvalue weighted by atomic mass is 9.55. The van der Waals surface area contributed by atoms with Crippen LogP contribution >= 0.6 is 0 Å². The molecule has 6 atom stereocenters. The van der Waals surface area contributed by atoms with Crippen molar-refractivity contribution in [1.29, 1.82) is 0 Å². The van der Waals surface area contributed by atoms with E-state index in [-0.39, 0.29) is 30.1 Å². The van der Waals surface area contributed by atoms with E-state index in [2.05, 4.69) is 44.9 Å². The van der Waals surface area contributed by atoms with Gasteiger partial charge >= 0.3 is 36.2 Å². The average Bonchev–Trinajstić information content (AvgIpc) is 3.02. The molecular formula is C32H52O12. The van der Waals surface area contributed by atoms with Gasteiger partial charge in [-0.3, -0.25) is 19.2 Å². The molecule has 0 aromatic carbocycles. The van der Waals surface area contributed by atoms with Crippen molar-refractivity contribution in [3.63, 3.8) is 0 Å². The van der Waals surface area contributed by atoms with Crippen LogP contribution in [0.1, 0.15) is 81.6 Å². The van der Waals surface area contributed by atoms with Gasteiger partial charge in [0.2, 0.25) is 0 Å². The van der Waals surface area contributed by atoms with Crippen LogP contribution in [-0.4, -0.2) is 64.6 Å². The van der Waals surface area contributed by atoms with E-state index in [9.17, 15) is 28.8 Å². The van der Waals surface area contributed by atoms with Crippen molar-refractivity contribution < 1.29 is 57.2 Å². The molecule has 2 aliphatic rings. The Bertz CT molecular complexity index is 1030. The Kier molecular flexibility index (Phi) is 18.9. The first-order valence-electron chi connectivity index (χ1n) is 14.6. The van der Waals surface area contributed by atoms with Crippen LogP contribution in [0.3, 0.4) is 0 Å². The lowest BCUT2D eigenvalue weighted by Crippen LogP contribution is -2.54. The number of allylic oxidation sites excluding steroid dienone is 4. The standard InChI is InChI=1S/C14H20O6.C11H18O2.C5H8O4.C2H6/c1-9-7-6-8-13(2,10(15)20-12(17)19-5)14(9,3)11(16)18-4;1-8-6-5-7-11(3,9(8)2)10(12)13-4;1-3-4(6)9-5(7)8-2;1-2/h6-7,9H,8H2,1-5H3;5-6,8-9H,7H2,1-4H3;3H2,1-2H3;1-2H3/t9-,13-,14+;8-,9+,11+;;/m11../s1. The minimum absolute atomic E-state index is 0.0869. The summed E-state index contributed by atoms with van der Waals surface area (Å²) in [4.78, 5) is 67.6. The van der Waals surface area contributed by atoms with Crippen LogP contribution in [0.15, 0.2) is 24.3 Å². The molecule has 2 rings (SSSR count). The molecule has 0 amide bonds. The summed E-state index contributed by atoms with van der Waals surface area (Å²) in [6.07, 6.45) is 7.11. The predicted octanol–water partition coefficient (Wildman–Crippen LogP) is 6.21. The molecule has 0 spiro atoms. The Labute approximate surface area is 261 Å². The summed E-state index contributed by atoms with van der Waals surface area (Å²) in [5, 5.41) is 0. The minimum atomic E-state index is -1.21. The topological polar surface area (TPSA) is 158 Å². The van der Waals surface area contributed by atoms with Crippen molar-refractivity contribution in [2.45, 2.75) is 81.6 Å². The summed E-state index contributed by atoms with van der Waals surface area (Å²) in [5.74, 6) is -1.41. The zero-order chi connectivity index (χ0) is 34.9. The van der Waals surface area contributed by atoms with Gasteiger partial charge in [-0.15, -0.1) is 0 Å². The average molecular weight is 629 g/mol. The van der Waals surface area contributed by atoms with E-state index < -0.39 is 41.0 Å². The van der Waals surface area contributed by atoms with Gasteiger partial charge in [0.15, 0.2) is 0 Å². The summed E-state index contributed by atoms with van der Waals surface area (Å²) in [6.45, 7) is 16.9. The van der Waals surface area contributed by atoms with E-state index in [1.165, 1.54) is 14.2 Å². The van der Waals surface area contributed by atoms with Crippen LogP contribution in [0.25, 0.3) is 0 Å². The first-order valence-corrected chi connectivity index (χ1v) is 14.6. The lowest BCUT2D eigenvalue weighted by molar-refractivity contribution is -0.178.